The number of aliphatic hydroxyl groups is 4. The van der Waals surface area contributed by atoms with Crippen molar-refractivity contribution < 1.29 is 53.8 Å². The first-order valence-corrected chi connectivity index (χ1v) is 10.3. The molecule has 12 atom stereocenters. The maximum atomic E-state index is 13.4. The third kappa shape index (κ3) is 1.43. The van der Waals surface area contributed by atoms with Crippen molar-refractivity contribution in [1.29, 1.82) is 0 Å². The van der Waals surface area contributed by atoms with E-state index in [9.17, 15) is 34.8 Å². The molecule has 0 unspecified atom stereocenters. The van der Waals surface area contributed by atoms with Gasteiger partial charge in [0.1, 0.15) is 12.2 Å². The number of esters is 3. The molecule has 0 radical (unpaired) electrons. The Hall–Kier alpha value is -1.79. The molecule has 2 saturated carbocycles. The Morgan fingerprint density at radius 1 is 0.935 bits per heavy atom. The van der Waals surface area contributed by atoms with E-state index in [1.807, 2.05) is 0 Å². The van der Waals surface area contributed by atoms with E-state index < -0.39 is 94.0 Å². The van der Waals surface area contributed by atoms with Crippen LogP contribution in [0, 0.1) is 28.1 Å². The van der Waals surface area contributed by atoms with Crippen molar-refractivity contribution >= 4 is 17.9 Å². The highest BCUT2D eigenvalue weighted by molar-refractivity contribution is 5.94. The van der Waals surface area contributed by atoms with Gasteiger partial charge in [-0.1, -0.05) is 20.8 Å². The molecule has 170 valence electrons. The molecule has 6 rings (SSSR count). The summed E-state index contributed by atoms with van der Waals surface area (Å²) < 4.78 is 22.2. The Kier molecular flexibility index (Phi) is 3.15. The summed E-state index contributed by atoms with van der Waals surface area (Å²) in [4.78, 5) is 38.3. The molecule has 0 amide bonds. The molecule has 11 nitrogen and oxygen atoms in total. The number of carbonyl (C=O) groups excluding carboxylic acids is 3. The van der Waals surface area contributed by atoms with E-state index in [0.29, 0.717) is 0 Å². The second kappa shape index (κ2) is 4.91. The summed E-state index contributed by atoms with van der Waals surface area (Å²) in [6, 6.07) is 0. The minimum atomic E-state index is -2.40. The van der Waals surface area contributed by atoms with Crippen molar-refractivity contribution in [1.82, 2.24) is 0 Å². The smallest absolute Gasteiger partial charge is 0.343 e. The van der Waals surface area contributed by atoms with Crippen LogP contribution in [0.1, 0.15) is 27.7 Å². The van der Waals surface area contributed by atoms with Crippen LogP contribution in [0.15, 0.2) is 0 Å². The Morgan fingerprint density at radius 2 is 1.58 bits per heavy atom. The van der Waals surface area contributed by atoms with Crippen LogP contribution in [-0.2, 0) is 33.3 Å². The molecule has 2 aliphatic carbocycles. The lowest BCUT2D eigenvalue weighted by molar-refractivity contribution is -0.240. The maximum absolute atomic E-state index is 13.4. The molecule has 0 aromatic heterocycles. The second-order valence-electron chi connectivity index (χ2n) is 10.8. The number of rotatable bonds is 0. The molecule has 4 N–H and O–H groups in total. The lowest BCUT2D eigenvalue weighted by Crippen LogP contribution is -2.67. The molecule has 2 spiro atoms. The fourth-order valence-corrected chi connectivity index (χ4v) is 8.27. The molecule has 0 bridgehead atoms. The topological polar surface area (TPSA) is 169 Å². The van der Waals surface area contributed by atoms with Crippen LogP contribution in [0.5, 0.6) is 0 Å². The molecular formula is C20H24O11. The maximum Gasteiger partial charge on any atom is 0.343 e. The van der Waals surface area contributed by atoms with E-state index >= 15 is 0 Å². The van der Waals surface area contributed by atoms with Crippen LogP contribution in [-0.4, -0.2) is 86.3 Å². The van der Waals surface area contributed by atoms with Gasteiger partial charge in [-0.2, -0.15) is 0 Å². The highest BCUT2D eigenvalue weighted by atomic mass is 16.8. The molecule has 6 fully saturated rings. The average Bonchev–Trinajstić information content (AvgIpc) is 3.35. The van der Waals surface area contributed by atoms with Crippen molar-refractivity contribution in [3.63, 3.8) is 0 Å². The van der Waals surface area contributed by atoms with Crippen LogP contribution in [0.3, 0.4) is 0 Å². The summed E-state index contributed by atoms with van der Waals surface area (Å²) in [6.45, 7) is 6.63. The number of carbonyl (C=O) groups is 3. The SMILES string of the molecule is C[C@@H]1C(=O)O[C@H]2[C@H](O)[C@]34[C@@H]5OC(=O)[C@]3(O[C@@H]3OC(=O)[C@H](O)[C@]34[C@@H](C(C)(C)C)[C@H]5O)[C@@]12O. The predicted molar refractivity (Wildman–Crippen MR) is 93.4 cm³/mol. The van der Waals surface area contributed by atoms with Gasteiger partial charge in [0.25, 0.3) is 0 Å². The first-order chi connectivity index (χ1) is 14.3. The van der Waals surface area contributed by atoms with Gasteiger partial charge in [0, 0.05) is 5.92 Å². The van der Waals surface area contributed by atoms with E-state index in [4.69, 9.17) is 18.9 Å². The summed E-state index contributed by atoms with van der Waals surface area (Å²) in [6.07, 6.45) is -9.69. The largest absolute Gasteiger partial charge is 0.456 e. The predicted octanol–water partition coefficient (Wildman–Crippen LogP) is -2.40. The summed E-state index contributed by atoms with van der Waals surface area (Å²) in [5, 5.41) is 46.1. The van der Waals surface area contributed by atoms with Gasteiger partial charge in [0.15, 0.2) is 17.8 Å². The fourth-order valence-electron chi connectivity index (χ4n) is 8.27. The summed E-state index contributed by atoms with van der Waals surface area (Å²) in [7, 11) is 0. The summed E-state index contributed by atoms with van der Waals surface area (Å²) in [5.74, 6) is -5.22. The number of ether oxygens (including phenoxy) is 4. The van der Waals surface area contributed by atoms with Crippen LogP contribution in [0.4, 0.5) is 0 Å². The summed E-state index contributed by atoms with van der Waals surface area (Å²) in [5.41, 5.74) is -9.40. The van der Waals surface area contributed by atoms with Gasteiger partial charge in [-0.05, 0) is 12.3 Å². The van der Waals surface area contributed by atoms with Crippen LogP contribution in [0.25, 0.3) is 0 Å². The van der Waals surface area contributed by atoms with Gasteiger partial charge in [0.05, 0.1) is 22.9 Å². The zero-order valence-electron chi connectivity index (χ0n) is 17.3. The van der Waals surface area contributed by atoms with E-state index in [1.54, 1.807) is 20.8 Å². The first-order valence-electron chi connectivity index (χ1n) is 10.3. The van der Waals surface area contributed by atoms with Crippen molar-refractivity contribution in [2.24, 2.45) is 28.1 Å². The molecular weight excluding hydrogens is 416 g/mol. The van der Waals surface area contributed by atoms with E-state index in [1.165, 1.54) is 6.92 Å². The van der Waals surface area contributed by atoms with Crippen molar-refractivity contribution in [3.05, 3.63) is 0 Å². The molecule has 0 aromatic carbocycles. The Morgan fingerprint density at radius 3 is 2.19 bits per heavy atom. The minimum absolute atomic E-state index is 0.792. The van der Waals surface area contributed by atoms with E-state index in [-0.39, 0.29) is 0 Å². The average molecular weight is 440 g/mol. The number of fused-ring (bicyclic) bond motifs is 1. The minimum Gasteiger partial charge on any atom is -0.456 e. The monoisotopic (exact) mass is 440 g/mol. The zero-order valence-corrected chi connectivity index (χ0v) is 17.3. The fraction of sp³-hybridized carbons (Fsp3) is 0.850. The van der Waals surface area contributed by atoms with E-state index in [2.05, 4.69) is 0 Å². The highest BCUT2D eigenvalue weighted by Crippen LogP contribution is 2.84. The molecule has 4 saturated heterocycles. The van der Waals surface area contributed by atoms with Gasteiger partial charge in [-0.3, -0.25) is 4.79 Å². The molecule has 4 heterocycles. The molecule has 31 heavy (non-hydrogen) atoms. The highest BCUT2D eigenvalue weighted by Gasteiger charge is 3.05. The number of hydrogen-bond acceptors (Lipinski definition) is 11. The van der Waals surface area contributed by atoms with Crippen LogP contribution >= 0.6 is 0 Å². The lowest BCUT2D eigenvalue weighted by atomic mass is 9.51. The quantitative estimate of drug-likeness (QED) is 0.234. The van der Waals surface area contributed by atoms with Crippen LogP contribution < -0.4 is 0 Å². The zero-order chi connectivity index (χ0) is 22.7. The van der Waals surface area contributed by atoms with Gasteiger partial charge in [-0.15, -0.1) is 0 Å². The standard InChI is InChI=1S/C20H24O11/c1-5-12(24)28-11-8(22)18-10-6(21)7(16(2,3)4)17(18)9(23)13(25)30-15(17)31-20(18,14(26)29-10)19(5,11)27/h5-11,15,21-23,27H,1-4H3/t5-,6-,7-,8+,9+,10-,11+,15+,17-,18-,19-,20-/m1/s1. The molecule has 0 aromatic rings. The Labute approximate surface area is 176 Å². The van der Waals surface area contributed by atoms with Crippen molar-refractivity contribution in [2.45, 2.75) is 75.7 Å². The molecule has 11 heteroatoms. The lowest BCUT2D eigenvalue weighted by Gasteiger charge is -2.47. The van der Waals surface area contributed by atoms with Crippen molar-refractivity contribution in [2.75, 3.05) is 0 Å². The van der Waals surface area contributed by atoms with Crippen LogP contribution in [0.2, 0.25) is 0 Å². The van der Waals surface area contributed by atoms with Gasteiger partial charge in [0.2, 0.25) is 11.9 Å². The second-order valence-corrected chi connectivity index (χ2v) is 10.8. The number of aliphatic hydroxyl groups excluding tert-OH is 3. The van der Waals surface area contributed by atoms with Gasteiger partial charge < -0.3 is 39.4 Å². The van der Waals surface area contributed by atoms with Gasteiger partial charge >= 0.3 is 17.9 Å². The Bertz CT molecular complexity index is 957. The third-order valence-electron chi connectivity index (χ3n) is 8.95. The first kappa shape index (κ1) is 19.9. The number of hydrogen-bond donors (Lipinski definition) is 4. The normalized spacial score (nSPS) is 61.0. The Balaban J connectivity index is 1.75. The summed E-state index contributed by atoms with van der Waals surface area (Å²) >= 11 is 0. The third-order valence-corrected chi connectivity index (χ3v) is 8.95. The van der Waals surface area contributed by atoms with Gasteiger partial charge in [-0.25, -0.2) is 9.59 Å². The van der Waals surface area contributed by atoms with Crippen molar-refractivity contribution in [3.8, 4) is 0 Å². The van der Waals surface area contributed by atoms with E-state index in [0.717, 1.165) is 0 Å². The molecule has 6 aliphatic rings. The molecule has 4 aliphatic heterocycles.